The number of hydrogen-bond acceptors (Lipinski definition) is 4. The predicted octanol–water partition coefficient (Wildman–Crippen LogP) is 3.82. The van der Waals surface area contributed by atoms with Crippen LogP contribution in [0.4, 0.5) is 21.8 Å². The van der Waals surface area contributed by atoms with Crippen LogP contribution in [0.5, 0.6) is 0 Å². The molecule has 0 fully saturated rings. The van der Waals surface area contributed by atoms with Crippen LogP contribution in [0.25, 0.3) is 0 Å². The van der Waals surface area contributed by atoms with E-state index >= 15 is 0 Å². The summed E-state index contributed by atoms with van der Waals surface area (Å²) in [5.41, 5.74) is 0.554. The third-order valence-electron chi connectivity index (χ3n) is 2.15. The fourth-order valence-corrected chi connectivity index (χ4v) is 1.67. The molecule has 94 valence electrons. The molecule has 2 aromatic rings. The van der Waals surface area contributed by atoms with E-state index in [1.54, 1.807) is 19.2 Å². The number of halogens is 3. The van der Waals surface area contributed by atoms with E-state index in [1.807, 2.05) is 0 Å². The highest BCUT2D eigenvalue weighted by Crippen LogP contribution is 2.26. The number of benzene rings is 1. The topological polar surface area (TPSA) is 49.8 Å². The van der Waals surface area contributed by atoms with Crippen LogP contribution < -0.4 is 10.6 Å². The second kappa shape index (κ2) is 5.49. The van der Waals surface area contributed by atoms with E-state index in [2.05, 4.69) is 36.5 Å². The lowest BCUT2D eigenvalue weighted by molar-refractivity contribution is 0.622. The first kappa shape index (κ1) is 13.0. The van der Waals surface area contributed by atoms with Crippen molar-refractivity contribution < 1.29 is 4.39 Å². The van der Waals surface area contributed by atoms with Gasteiger partial charge in [0.25, 0.3) is 0 Å². The first-order valence-electron chi connectivity index (χ1n) is 5.02. The van der Waals surface area contributed by atoms with Crippen molar-refractivity contribution in [2.75, 3.05) is 17.7 Å². The van der Waals surface area contributed by atoms with Crippen LogP contribution in [-0.2, 0) is 0 Å². The predicted molar refractivity (Wildman–Crippen MR) is 74.0 cm³/mol. The number of aromatic nitrogens is 2. The summed E-state index contributed by atoms with van der Waals surface area (Å²) in [6.07, 6.45) is 1.47. The molecule has 0 aliphatic carbocycles. The molecule has 7 heteroatoms. The molecular formula is C11H9BrClFN4. The number of hydrogen-bond donors (Lipinski definition) is 2. The normalized spacial score (nSPS) is 10.2. The van der Waals surface area contributed by atoms with Gasteiger partial charge < -0.3 is 10.6 Å². The number of rotatable bonds is 3. The fourth-order valence-electron chi connectivity index (χ4n) is 1.29. The van der Waals surface area contributed by atoms with E-state index in [0.29, 0.717) is 26.9 Å². The van der Waals surface area contributed by atoms with E-state index < -0.39 is 0 Å². The molecule has 0 aliphatic rings. The Morgan fingerprint density at radius 2 is 2.17 bits per heavy atom. The fraction of sp³-hybridized carbons (Fsp3) is 0.0909. The standard InChI is InChI=1S/C11H9BrClFN4/c1-15-11-16-5-8(13)10(18-11)17-6-2-3-7(12)9(14)4-6/h2-5H,1H3,(H2,15,16,17,18). The Hall–Kier alpha value is -1.40. The number of nitrogens with one attached hydrogen (secondary N) is 2. The molecule has 0 bridgehead atoms. The molecule has 0 unspecified atom stereocenters. The van der Waals surface area contributed by atoms with Gasteiger partial charge in [-0.05, 0) is 34.1 Å². The van der Waals surface area contributed by atoms with Crippen molar-refractivity contribution in [3.05, 3.63) is 39.7 Å². The van der Waals surface area contributed by atoms with Gasteiger partial charge in [-0.2, -0.15) is 4.98 Å². The Morgan fingerprint density at radius 3 is 2.83 bits per heavy atom. The Balaban J connectivity index is 2.30. The van der Waals surface area contributed by atoms with Crippen LogP contribution in [-0.4, -0.2) is 17.0 Å². The highest BCUT2D eigenvalue weighted by molar-refractivity contribution is 9.10. The molecule has 0 aliphatic heterocycles. The minimum absolute atomic E-state index is 0.359. The zero-order valence-electron chi connectivity index (χ0n) is 9.34. The molecule has 1 aromatic carbocycles. The van der Waals surface area contributed by atoms with Gasteiger partial charge in [0, 0.05) is 12.7 Å². The molecular weight excluding hydrogens is 323 g/mol. The molecule has 0 radical (unpaired) electrons. The number of nitrogens with zero attached hydrogens (tertiary/aromatic N) is 2. The van der Waals surface area contributed by atoms with Crippen LogP contribution in [0.2, 0.25) is 5.02 Å². The molecule has 1 heterocycles. The minimum Gasteiger partial charge on any atom is -0.357 e. The maximum absolute atomic E-state index is 13.4. The van der Waals surface area contributed by atoms with Crippen LogP contribution in [0.15, 0.2) is 28.9 Å². The molecule has 4 nitrogen and oxygen atoms in total. The summed E-state index contributed by atoms with van der Waals surface area (Å²) in [5.74, 6) is 0.483. The highest BCUT2D eigenvalue weighted by atomic mass is 79.9. The van der Waals surface area contributed by atoms with Gasteiger partial charge in [0.1, 0.15) is 10.8 Å². The van der Waals surface area contributed by atoms with E-state index in [0.717, 1.165) is 0 Å². The van der Waals surface area contributed by atoms with Gasteiger partial charge in [-0.3, -0.25) is 0 Å². The van der Waals surface area contributed by atoms with Crippen molar-refractivity contribution >= 4 is 45.0 Å². The summed E-state index contributed by atoms with van der Waals surface area (Å²) in [7, 11) is 1.70. The molecule has 0 spiro atoms. The Bertz CT molecular complexity index is 579. The lowest BCUT2D eigenvalue weighted by Crippen LogP contribution is -2.01. The molecule has 2 N–H and O–H groups in total. The van der Waals surface area contributed by atoms with Gasteiger partial charge in [-0.15, -0.1) is 0 Å². The average molecular weight is 332 g/mol. The first-order valence-corrected chi connectivity index (χ1v) is 6.19. The van der Waals surface area contributed by atoms with Gasteiger partial charge in [0.15, 0.2) is 5.82 Å². The maximum atomic E-state index is 13.4. The first-order chi connectivity index (χ1) is 8.60. The van der Waals surface area contributed by atoms with Crippen LogP contribution in [0.1, 0.15) is 0 Å². The summed E-state index contributed by atoms with van der Waals surface area (Å²) in [4.78, 5) is 8.09. The van der Waals surface area contributed by atoms with Gasteiger partial charge in [0.2, 0.25) is 5.95 Å². The molecule has 1 aromatic heterocycles. The van der Waals surface area contributed by atoms with Crippen molar-refractivity contribution in [1.29, 1.82) is 0 Å². The maximum Gasteiger partial charge on any atom is 0.224 e. The second-order valence-electron chi connectivity index (χ2n) is 3.39. The Kier molecular flexibility index (Phi) is 3.98. The average Bonchev–Trinajstić information content (AvgIpc) is 2.36. The van der Waals surface area contributed by atoms with E-state index in [1.165, 1.54) is 12.3 Å². The minimum atomic E-state index is -0.362. The summed E-state index contributed by atoms with van der Waals surface area (Å²) >= 11 is 9.04. The van der Waals surface area contributed by atoms with Crippen molar-refractivity contribution in [1.82, 2.24) is 9.97 Å². The smallest absolute Gasteiger partial charge is 0.224 e. The summed E-state index contributed by atoms with van der Waals surface area (Å²) < 4.78 is 13.8. The van der Waals surface area contributed by atoms with Crippen LogP contribution in [0.3, 0.4) is 0 Å². The van der Waals surface area contributed by atoms with Crippen molar-refractivity contribution in [3.63, 3.8) is 0 Å². The van der Waals surface area contributed by atoms with Crippen LogP contribution >= 0.6 is 27.5 Å². The zero-order valence-corrected chi connectivity index (χ0v) is 11.7. The zero-order chi connectivity index (χ0) is 13.1. The molecule has 2 rings (SSSR count). The third-order valence-corrected chi connectivity index (χ3v) is 3.07. The van der Waals surface area contributed by atoms with Gasteiger partial charge in [0.05, 0.1) is 10.7 Å². The summed E-state index contributed by atoms with van der Waals surface area (Å²) in [5, 5.41) is 6.09. The monoisotopic (exact) mass is 330 g/mol. The summed E-state index contributed by atoms with van der Waals surface area (Å²) in [6.45, 7) is 0. The lowest BCUT2D eigenvalue weighted by atomic mass is 10.3. The quantitative estimate of drug-likeness (QED) is 0.898. The van der Waals surface area contributed by atoms with Gasteiger partial charge in [-0.25, -0.2) is 9.37 Å². The van der Waals surface area contributed by atoms with Crippen molar-refractivity contribution in [3.8, 4) is 0 Å². The van der Waals surface area contributed by atoms with E-state index in [4.69, 9.17) is 11.6 Å². The molecule has 0 atom stereocenters. The van der Waals surface area contributed by atoms with E-state index in [-0.39, 0.29) is 5.82 Å². The SMILES string of the molecule is CNc1ncc(Cl)c(Nc2ccc(Br)c(F)c2)n1. The van der Waals surface area contributed by atoms with Crippen LogP contribution in [0, 0.1) is 5.82 Å². The van der Waals surface area contributed by atoms with E-state index in [9.17, 15) is 4.39 Å². The molecule has 0 saturated carbocycles. The molecule has 0 amide bonds. The van der Waals surface area contributed by atoms with Crippen molar-refractivity contribution in [2.45, 2.75) is 0 Å². The molecule has 18 heavy (non-hydrogen) atoms. The Morgan fingerprint density at radius 1 is 1.39 bits per heavy atom. The van der Waals surface area contributed by atoms with Gasteiger partial charge in [-0.1, -0.05) is 11.6 Å². The Labute approximate surface area is 117 Å². The number of anilines is 3. The largest absolute Gasteiger partial charge is 0.357 e. The summed E-state index contributed by atoms with van der Waals surface area (Å²) in [6, 6.07) is 4.66. The third kappa shape index (κ3) is 2.88. The second-order valence-corrected chi connectivity index (χ2v) is 4.66. The van der Waals surface area contributed by atoms with Gasteiger partial charge >= 0.3 is 0 Å². The highest BCUT2D eigenvalue weighted by Gasteiger charge is 2.06. The lowest BCUT2D eigenvalue weighted by Gasteiger charge is -2.09. The molecule has 0 saturated heterocycles. The van der Waals surface area contributed by atoms with Crippen molar-refractivity contribution in [2.24, 2.45) is 0 Å².